The van der Waals surface area contributed by atoms with Crippen molar-refractivity contribution < 1.29 is 0 Å². The van der Waals surface area contributed by atoms with Gasteiger partial charge in [0.05, 0.1) is 0 Å². The van der Waals surface area contributed by atoms with Gasteiger partial charge < -0.3 is 17.2 Å². The molecule has 0 saturated carbocycles. The molecule has 6 nitrogen and oxygen atoms in total. The lowest BCUT2D eigenvalue weighted by Crippen LogP contribution is -2.22. The van der Waals surface area contributed by atoms with Gasteiger partial charge in [-0.15, -0.1) is 5.10 Å². The molecule has 0 spiro atoms. The number of hydrogen-bond donors (Lipinski definition) is 3. The minimum atomic E-state index is 0.0294. The molecule has 0 aliphatic heterocycles. The highest BCUT2D eigenvalue weighted by Gasteiger charge is 2.04. The lowest BCUT2D eigenvalue weighted by atomic mass is 11.0. The standard InChI is InChI=1S/C3H6N6S/c4-1-7-2(5)9(8-1)3(6)10/h(H2,6,10)(H4,4,5,7,8). The smallest absolute Gasteiger partial charge is 0.241 e. The Bertz CT molecular complexity index is 264. The van der Waals surface area contributed by atoms with E-state index in [9.17, 15) is 0 Å². The van der Waals surface area contributed by atoms with Crippen LogP contribution in [0.2, 0.25) is 0 Å². The highest BCUT2D eigenvalue weighted by Crippen LogP contribution is 1.98. The quantitative estimate of drug-likeness (QED) is 0.398. The largest absolute Gasteiger partial charge is 0.374 e. The number of nitrogens with two attached hydrogens (primary N) is 3. The van der Waals surface area contributed by atoms with E-state index in [1.807, 2.05) is 0 Å². The van der Waals surface area contributed by atoms with Crippen molar-refractivity contribution in [2.24, 2.45) is 5.73 Å². The maximum atomic E-state index is 5.28. The number of anilines is 2. The molecule has 0 saturated heterocycles. The van der Waals surface area contributed by atoms with E-state index in [0.29, 0.717) is 0 Å². The molecule has 0 aromatic carbocycles. The number of hydrogen-bond acceptors (Lipinski definition) is 5. The first kappa shape index (κ1) is 6.75. The lowest BCUT2D eigenvalue weighted by molar-refractivity contribution is 0.956. The molecule has 1 heterocycles. The van der Waals surface area contributed by atoms with Crippen molar-refractivity contribution >= 4 is 29.2 Å². The molecule has 0 fully saturated rings. The Morgan fingerprint density at radius 3 is 2.30 bits per heavy atom. The summed E-state index contributed by atoms with van der Waals surface area (Å²) in [6, 6.07) is 0. The van der Waals surface area contributed by atoms with Gasteiger partial charge in [-0.2, -0.15) is 9.67 Å². The van der Waals surface area contributed by atoms with Gasteiger partial charge in [-0.25, -0.2) is 0 Å². The molecule has 0 bridgehead atoms. The first-order valence-electron chi connectivity index (χ1n) is 2.39. The van der Waals surface area contributed by atoms with Gasteiger partial charge in [-0.3, -0.25) is 0 Å². The maximum absolute atomic E-state index is 5.28. The van der Waals surface area contributed by atoms with Crippen molar-refractivity contribution in [3.8, 4) is 0 Å². The summed E-state index contributed by atoms with van der Waals surface area (Å²) in [7, 11) is 0. The van der Waals surface area contributed by atoms with Crippen LogP contribution in [0.3, 0.4) is 0 Å². The average Bonchev–Trinajstić information content (AvgIpc) is 2.10. The Balaban J connectivity index is 3.15. The summed E-state index contributed by atoms with van der Waals surface area (Å²) < 4.78 is 1.09. The first-order valence-corrected chi connectivity index (χ1v) is 2.80. The van der Waals surface area contributed by atoms with Gasteiger partial charge in [-0.1, -0.05) is 0 Å². The van der Waals surface area contributed by atoms with E-state index in [0.717, 1.165) is 4.68 Å². The molecule has 0 aliphatic carbocycles. The molecule has 1 aromatic heterocycles. The summed E-state index contributed by atoms with van der Waals surface area (Å²) in [6.45, 7) is 0. The second-order valence-electron chi connectivity index (χ2n) is 1.58. The highest BCUT2D eigenvalue weighted by atomic mass is 32.1. The van der Waals surface area contributed by atoms with E-state index < -0.39 is 0 Å². The summed E-state index contributed by atoms with van der Waals surface area (Å²) in [4.78, 5) is 3.57. The second-order valence-corrected chi connectivity index (χ2v) is 2.00. The second kappa shape index (κ2) is 2.10. The van der Waals surface area contributed by atoms with Gasteiger partial charge >= 0.3 is 0 Å². The van der Waals surface area contributed by atoms with Crippen molar-refractivity contribution in [2.75, 3.05) is 11.5 Å². The molecule has 10 heavy (non-hydrogen) atoms. The van der Waals surface area contributed by atoms with Crippen LogP contribution < -0.4 is 17.2 Å². The number of nitrogen functional groups attached to an aromatic ring is 2. The first-order chi connectivity index (χ1) is 4.61. The zero-order chi connectivity index (χ0) is 7.72. The Kier molecular flexibility index (Phi) is 1.42. The van der Waals surface area contributed by atoms with Crippen molar-refractivity contribution in [1.29, 1.82) is 0 Å². The molecule has 0 amide bonds. The molecule has 54 valence electrons. The Morgan fingerprint density at radius 2 is 2.10 bits per heavy atom. The summed E-state index contributed by atoms with van der Waals surface area (Å²) in [5.74, 6) is 0.162. The van der Waals surface area contributed by atoms with Gasteiger partial charge in [-0.05, 0) is 12.2 Å². The van der Waals surface area contributed by atoms with Gasteiger partial charge in [0.1, 0.15) is 0 Å². The van der Waals surface area contributed by atoms with Crippen LogP contribution in [-0.4, -0.2) is 19.9 Å². The molecule has 0 unspecified atom stereocenters. The number of thiocarbonyl (C=S) groups is 1. The predicted molar refractivity (Wildman–Crippen MR) is 41.0 cm³/mol. The summed E-state index contributed by atoms with van der Waals surface area (Å²) >= 11 is 4.57. The third-order valence-corrected chi connectivity index (χ3v) is 1.03. The highest BCUT2D eigenvalue weighted by molar-refractivity contribution is 7.80. The van der Waals surface area contributed by atoms with Crippen LogP contribution in [0.4, 0.5) is 11.9 Å². The van der Waals surface area contributed by atoms with Crippen LogP contribution >= 0.6 is 12.2 Å². The molecule has 0 radical (unpaired) electrons. The monoisotopic (exact) mass is 158 g/mol. The molecule has 7 heteroatoms. The van der Waals surface area contributed by atoms with E-state index in [1.54, 1.807) is 0 Å². The van der Waals surface area contributed by atoms with Crippen LogP contribution in [-0.2, 0) is 0 Å². The molecule has 0 atom stereocenters. The van der Waals surface area contributed by atoms with E-state index in [1.165, 1.54) is 0 Å². The normalized spacial score (nSPS) is 9.60. The van der Waals surface area contributed by atoms with Crippen molar-refractivity contribution in [2.45, 2.75) is 0 Å². The average molecular weight is 158 g/mol. The maximum Gasteiger partial charge on any atom is 0.241 e. The number of rotatable bonds is 0. The van der Waals surface area contributed by atoms with Crippen molar-refractivity contribution in [3.05, 3.63) is 0 Å². The van der Waals surface area contributed by atoms with Crippen LogP contribution in [0.15, 0.2) is 0 Å². The van der Waals surface area contributed by atoms with E-state index in [2.05, 4.69) is 22.3 Å². The molecule has 0 aliphatic rings. The Hall–Kier alpha value is -1.37. The minimum Gasteiger partial charge on any atom is -0.374 e. The molecular weight excluding hydrogens is 152 g/mol. The van der Waals surface area contributed by atoms with Crippen LogP contribution in [0.5, 0.6) is 0 Å². The third kappa shape index (κ3) is 0.982. The Morgan fingerprint density at radius 1 is 1.50 bits per heavy atom. The van der Waals surface area contributed by atoms with Gasteiger partial charge in [0.25, 0.3) is 0 Å². The molecule has 6 N–H and O–H groups in total. The van der Waals surface area contributed by atoms with Gasteiger partial charge in [0.15, 0.2) is 5.11 Å². The zero-order valence-electron chi connectivity index (χ0n) is 4.98. The zero-order valence-corrected chi connectivity index (χ0v) is 5.80. The lowest BCUT2D eigenvalue weighted by Gasteiger charge is -1.94. The van der Waals surface area contributed by atoms with Crippen LogP contribution in [0, 0.1) is 0 Å². The van der Waals surface area contributed by atoms with Crippen LogP contribution in [0.25, 0.3) is 0 Å². The van der Waals surface area contributed by atoms with E-state index >= 15 is 0 Å². The number of aromatic nitrogens is 3. The van der Waals surface area contributed by atoms with E-state index in [-0.39, 0.29) is 17.0 Å². The fourth-order valence-corrected chi connectivity index (χ4v) is 0.637. The topological polar surface area (TPSA) is 109 Å². The fourth-order valence-electron chi connectivity index (χ4n) is 0.503. The van der Waals surface area contributed by atoms with Crippen molar-refractivity contribution in [1.82, 2.24) is 14.8 Å². The van der Waals surface area contributed by atoms with Gasteiger partial charge in [0, 0.05) is 0 Å². The predicted octanol–water partition coefficient (Wildman–Crippen LogP) is -1.47. The number of nitrogens with zero attached hydrogens (tertiary/aromatic N) is 3. The Labute approximate surface area is 62.0 Å². The summed E-state index contributed by atoms with van der Waals surface area (Å²) in [5, 5.41) is 3.63. The van der Waals surface area contributed by atoms with E-state index in [4.69, 9.17) is 17.2 Å². The fraction of sp³-hybridized carbons (Fsp3) is 0. The molecule has 1 rings (SSSR count). The van der Waals surface area contributed by atoms with Crippen LogP contribution in [0.1, 0.15) is 0 Å². The van der Waals surface area contributed by atoms with Gasteiger partial charge in [0.2, 0.25) is 11.9 Å². The SMILES string of the molecule is NC(=S)n1nc(N)nc1N. The minimum absolute atomic E-state index is 0.0294. The summed E-state index contributed by atoms with van der Waals surface area (Å²) in [6.07, 6.45) is 0. The molecule has 1 aromatic rings. The molecular formula is C3H6N6S. The summed E-state index contributed by atoms with van der Waals surface area (Å²) in [5.41, 5.74) is 15.6. The van der Waals surface area contributed by atoms with Crippen molar-refractivity contribution in [3.63, 3.8) is 0 Å². The third-order valence-electron chi connectivity index (χ3n) is 0.857.